The summed E-state index contributed by atoms with van der Waals surface area (Å²) in [5.41, 5.74) is 0. The van der Waals surface area contributed by atoms with Crippen LogP contribution in [0.3, 0.4) is 0 Å². The highest BCUT2D eigenvalue weighted by atomic mass is 16.7. The van der Waals surface area contributed by atoms with Crippen molar-refractivity contribution in [2.45, 2.75) is 360 Å². The zero-order valence-corrected chi connectivity index (χ0v) is 62.5. The number of carbonyl (C=O) groups is 3. The van der Waals surface area contributed by atoms with Gasteiger partial charge in [-0.25, -0.2) is 0 Å². The normalized spacial score (nSPS) is 13.3. The minimum Gasteiger partial charge on any atom is -0.545 e. The molecule has 0 rings (SSSR count). The molecule has 0 amide bonds. The molecular weight excluding hydrogens is 1170 g/mol. The first-order valence-electron chi connectivity index (χ1n) is 39.7. The number of likely N-dealkylation sites (N-methyl/N-ethyl adjacent to an activating group) is 1. The number of hydrogen-bond acceptors (Lipinski definition) is 8. The predicted molar refractivity (Wildman–Crippen MR) is 407 cm³/mol. The van der Waals surface area contributed by atoms with Gasteiger partial charge in [0.05, 0.1) is 40.3 Å². The molecule has 546 valence electrons. The van der Waals surface area contributed by atoms with E-state index in [1.807, 2.05) is 21.1 Å². The Morgan fingerprint density at radius 2 is 0.568 bits per heavy atom. The first kappa shape index (κ1) is 90.7. The van der Waals surface area contributed by atoms with Gasteiger partial charge in [-0.2, -0.15) is 0 Å². The number of rotatable bonds is 73. The summed E-state index contributed by atoms with van der Waals surface area (Å²) >= 11 is 0. The molecule has 0 aliphatic rings. The van der Waals surface area contributed by atoms with E-state index in [-0.39, 0.29) is 32.2 Å². The summed E-state index contributed by atoms with van der Waals surface area (Å²) in [6, 6.07) is 0. The zero-order valence-electron chi connectivity index (χ0n) is 62.5. The zero-order chi connectivity index (χ0) is 69.0. The van der Waals surface area contributed by atoms with Crippen molar-refractivity contribution in [2.24, 2.45) is 0 Å². The van der Waals surface area contributed by atoms with Gasteiger partial charge in [0, 0.05) is 12.8 Å². The summed E-state index contributed by atoms with van der Waals surface area (Å²) in [5, 5.41) is 11.9. The monoisotopic (exact) mass is 1320 g/mol. The van der Waals surface area contributed by atoms with Crippen molar-refractivity contribution < 1.29 is 42.9 Å². The molecule has 0 saturated heterocycles. The van der Waals surface area contributed by atoms with Crippen LogP contribution in [0.25, 0.3) is 0 Å². The molecule has 9 nitrogen and oxygen atoms in total. The van der Waals surface area contributed by atoms with Crippen molar-refractivity contribution in [3.8, 4) is 0 Å². The van der Waals surface area contributed by atoms with Crippen molar-refractivity contribution >= 4 is 17.9 Å². The van der Waals surface area contributed by atoms with Crippen LogP contribution in [0.2, 0.25) is 0 Å². The number of ether oxygens (including phenoxy) is 4. The molecule has 9 heteroatoms. The molecule has 0 heterocycles. The lowest BCUT2D eigenvalue weighted by Crippen LogP contribution is -2.44. The fraction of sp³-hybridized carbons (Fsp3) is 0.733. The number of carboxylic acid groups (broad SMARTS) is 1. The Bertz CT molecular complexity index is 1980. The van der Waals surface area contributed by atoms with E-state index in [1.54, 1.807) is 0 Å². The van der Waals surface area contributed by atoms with Crippen LogP contribution in [-0.2, 0) is 33.3 Å². The van der Waals surface area contributed by atoms with Gasteiger partial charge in [-0.1, -0.05) is 354 Å². The Balaban J connectivity index is 4.01. The lowest BCUT2D eigenvalue weighted by Gasteiger charge is -2.26. The highest BCUT2D eigenvalue weighted by Gasteiger charge is 2.22. The minimum atomic E-state index is -1.63. The van der Waals surface area contributed by atoms with Crippen LogP contribution in [-0.4, -0.2) is 82.3 Å². The van der Waals surface area contributed by atoms with Crippen LogP contribution in [0.4, 0.5) is 0 Å². The molecule has 2 unspecified atom stereocenters. The predicted octanol–water partition coefficient (Wildman–Crippen LogP) is 24.1. The summed E-state index contributed by atoms with van der Waals surface area (Å²) in [5.74, 6) is -2.27. The number of hydrogen-bond donors (Lipinski definition) is 0. The van der Waals surface area contributed by atoms with Crippen molar-refractivity contribution in [3.05, 3.63) is 122 Å². The van der Waals surface area contributed by atoms with E-state index in [9.17, 15) is 19.5 Å². The number of allylic oxidation sites excluding steroid dienone is 20. The van der Waals surface area contributed by atoms with E-state index in [1.165, 1.54) is 218 Å². The van der Waals surface area contributed by atoms with Gasteiger partial charge in [-0.05, 0) is 103 Å². The third kappa shape index (κ3) is 76.9. The second-order valence-corrected chi connectivity index (χ2v) is 27.6. The second kappa shape index (κ2) is 75.5. The number of esters is 2. The Kier molecular flexibility index (Phi) is 72.0. The number of carboxylic acids is 1. The first-order valence-corrected chi connectivity index (χ1v) is 39.7. The highest BCUT2D eigenvalue weighted by Crippen LogP contribution is 2.19. The Hall–Kier alpha value is -4.31. The van der Waals surface area contributed by atoms with E-state index >= 15 is 0 Å². The summed E-state index contributed by atoms with van der Waals surface area (Å²) in [7, 11) is 5.94. The third-order valence-corrected chi connectivity index (χ3v) is 17.2. The molecule has 0 spiro atoms. The van der Waals surface area contributed by atoms with E-state index in [4.69, 9.17) is 18.9 Å². The average molecular weight is 1330 g/mol. The minimum absolute atomic E-state index is 0.146. The number of carbonyl (C=O) groups excluding carboxylic acids is 3. The fourth-order valence-electron chi connectivity index (χ4n) is 11.2. The molecule has 0 aromatic carbocycles. The van der Waals surface area contributed by atoms with Gasteiger partial charge in [0.25, 0.3) is 0 Å². The lowest BCUT2D eigenvalue weighted by molar-refractivity contribution is -0.870. The molecular formula is C86H149NO8. The van der Waals surface area contributed by atoms with Crippen molar-refractivity contribution in [1.82, 2.24) is 0 Å². The number of unbranched alkanes of at least 4 members (excludes halogenated alkanes) is 38. The molecule has 0 aliphatic carbocycles. The molecule has 2 atom stereocenters. The van der Waals surface area contributed by atoms with Crippen molar-refractivity contribution in [2.75, 3.05) is 47.5 Å². The molecule has 0 aromatic heterocycles. The molecule has 0 saturated carbocycles. The quantitative estimate of drug-likeness (QED) is 0.0195. The van der Waals surface area contributed by atoms with Crippen LogP contribution in [0, 0.1) is 0 Å². The Morgan fingerprint density at radius 1 is 0.316 bits per heavy atom. The van der Waals surface area contributed by atoms with Crippen LogP contribution >= 0.6 is 0 Å². The van der Waals surface area contributed by atoms with Crippen LogP contribution < -0.4 is 5.11 Å². The van der Waals surface area contributed by atoms with Gasteiger partial charge < -0.3 is 33.3 Å². The van der Waals surface area contributed by atoms with Crippen molar-refractivity contribution in [3.63, 3.8) is 0 Å². The maximum atomic E-state index is 13.0. The molecule has 0 fully saturated rings. The van der Waals surface area contributed by atoms with Crippen molar-refractivity contribution in [1.29, 1.82) is 0 Å². The summed E-state index contributed by atoms with van der Waals surface area (Å²) in [4.78, 5) is 37.6. The molecule has 0 aliphatic heterocycles. The van der Waals surface area contributed by atoms with Gasteiger partial charge in [0.1, 0.15) is 13.2 Å². The number of quaternary nitrogens is 1. The van der Waals surface area contributed by atoms with E-state index in [2.05, 4.69) is 135 Å². The lowest BCUT2D eigenvalue weighted by atomic mass is 10.0. The topological polar surface area (TPSA) is 111 Å². The van der Waals surface area contributed by atoms with Gasteiger partial charge >= 0.3 is 11.9 Å². The smallest absolute Gasteiger partial charge is 0.306 e. The van der Waals surface area contributed by atoms with Gasteiger partial charge in [-0.15, -0.1) is 0 Å². The Morgan fingerprint density at radius 3 is 0.842 bits per heavy atom. The maximum absolute atomic E-state index is 13.0. The number of aliphatic carboxylic acids is 1. The Labute approximate surface area is 587 Å². The highest BCUT2D eigenvalue weighted by molar-refractivity contribution is 5.70. The van der Waals surface area contributed by atoms with Gasteiger partial charge in [0.2, 0.25) is 0 Å². The van der Waals surface area contributed by atoms with E-state index in [0.29, 0.717) is 23.9 Å². The fourth-order valence-corrected chi connectivity index (χ4v) is 11.2. The second-order valence-electron chi connectivity index (χ2n) is 27.6. The average Bonchev–Trinajstić information content (AvgIpc) is 2.94. The van der Waals surface area contributed by atoms with E-state index in [0.717, 1.165) is 96.3 Å². The molecule has 0 N–H and O–H groups in total. The first-order chi connectivity index (χ1) is 46.6. The van der Waals surface area contributed by atoms with Crippen LogP contribution in [0.1, 0.15) is 348 Å². The van der Waals surface area contributed by atoms with Gasteiger partial charge in [-0.3, -0.25) is 9.59 Å². The summed E-state index contributed by atoms with van der Waals surface area (Å²) < 4.78 is 22.9. The summed E-state index contributed by atoms with van der Waals surface area (Å²) in [6.45, 7) is 4.56. The SMILES string of the molecule is CC/C=C\C/C=C\C/C=C\C/C=C\C/C=C\CCCCCCCCCCCCCCCCCCCCCC(=O)OCC(COC(OCC[N+](C)(C)C)C(=O)[O-])OC(=O)CCCCCCCCCCCCCCCCCCCCC/C=C\C/C=C\C/C=C\C/C=C\C/C=C\CC. The molecule has 95 heavy (non-hydrogen) atoms. The maximum Gasteiger partial charge on any atom is 0.306 e. The molecule has 0 bridgehead atoms. The third-order valence-electron chi connectivity index (χ3n) is 17.2. The molecule has 0 aromatic rings. The molecule has 0 radical (unpaired) electrons. The van der Waals surface area contributed by atoms with Gasteiger partial charge in [0.15, 0.2) is 12.4 Å². The summed E-state index contributed by atoms with van der Waals surface area (Å²) in [6.07, 6.45) is 105. The van der Waals surface area contributed by atoms with Crippen LogP contribution in [0.15, 0.2) is 122 Å². The standard InChI is InChI=1S/C86H149NO8/c1-6-8-10-12-14-16-18-20-22-24-26-28-30-32-34-36-38-40-42-44-46-48-50-52-54-56-58-60-62-64-66-68-70-72-74-76-83(88)93-80-82(81-94-86(85(90)91)92-79-78-87(3,4)5)95-84(89)77-75-73-71-69-67-65-63-61-59-57-55-53-51-49-47-45-43-41-39-37-35-33-31-29-27-25-23-21-19-17-15-13-11-9-7-2/h8-11,14-17,20-23,26-29,32-35,82,86H,6-7,12-13,18-19,24-25,30-31,36-81H2,1-5H3/b10-8-,11-9-,16-14-,17-15-,22-20-,23-21-,28-26-,29-27-,34-32-,35-33-. The van der Waals surface area contributed by atoms with E-state index < -0.39 is 24.3 Å². The largest absolute Gasteiger partial charge is 0.545 e. The number of nitrogens with zero attached hydrogens (tertiary/aromatic N) is 1. The van der Waals surface area contributed by atoms with Crippen LogP contribution in [0.5, 0.6) is 0 Å².